The molecular formula is C14H13BrN2O3. The minimum Gasteiger partial charge on any atom is -0.481 e. The maximum absolute atomic E-state index is 12.0. The summed E-state index contributed by atoms with van der Waals surface area (Å²) in [6.45, 7) is 0.0667. The van der Waals surface area contributed by atoms with Crippen LogP contribution in [0.2, 0.25) is 0 Å². The number of carbonyl (C=O) groups is 1. The number of rotatable bonds is 4. The van der Waals surface area contributed by atoms with Crippen molar-refractivity contribution in [3.05, 3.63) is 52.1 Å². The number of halogens is 1. The zero-order valence-corrected chi connectivity index (χ0v) is 12.4. The number of nitrogen functional groups attached to an aromatic ring is 1. The van der Waals surface area contributed by atoms with E-state index in [1.54, 1.807) is 36.4 Å². The summed E-state index contributed by atoms with van der Waals surface area (Å²) in [5, 5.41) is 0. The number of nitrogens with zero attached hydrogens (tertiary/aromatic N) is 1. The van der Waals surface area contributed by atoms with E-state index in [9.17, 15) is 4.79 Å². The predicted molar refractivity (Wildman–Crippen MR) is 78.5 cm³/mol. The Bertz CT molecular complexity index is 632. The van der Waals surface area contributed by atoms with Crippen molar-refractivity contribution >= 4 is 27.6 Å². The molecule has 2 rings (SSSR count). The van der Waals surface area contributed by atoms with Crippen molar-refractivity contribution in [1.82, 2.24) is 4.98 Å². The number of hydrogen-bond acceptors (Lipinski definition) is 5. The SMILES string of the molecule is COc1cccc(COC(=O)c2cccc(N)c2Br)n1. The molecule has 0 amide bonds. The minimum atomic E-state index is -0.464. The normalized spacial score (nSPS) is 10.1. The monoisotopic (exact) mass is 336 g/mol. The molecule has 0 aliphatic rings. The van der Waals surface area contributed by atoms with Crippen molar-refractivity contribution in [2.24, 2.45) is 0 Å². The lowest BCUT2D eigenvalue weighted by atomic mass is 10.2. The van der Waals surface area contributed by atoms with E-state index >= 15 is 0 Å². The fourth-order valence-corrected chi connectivity index (χ4v) is 2.00. The van der Waals surface area contributed by atoms with E-state index in [2.05, 4.69) is 20.9 Å². The van der Waals surface area contributed by atoms with Gasteiger partial charge >= 0.3 is 5.97 Å². The summed E-state index contributed by atoms with van der Waals surface area (Å²) < 4.78 is 10.7. The highest BCUT2D eigenvalue weighted by atomic mass is 79.9. The highest BCUT2D eigenvalue weighted by molar-refractivity contribution is 9.10. The lowest BCUT2D eigenvalue weighted by Crippen LogP contribution is -2.08. The second-order valence-corrected chi connectivity index (χ2v) is 4.75. The summed E-state index contributed by atoms with van der Waals surface area (Å²) in [4.78, 5) is 16.1. The van der Waals surface area contributed by atoms with Crippen LogP contribution in [0, 0.1) is 0 Å². The molecule has 2 N–H and O–H groups in total. The minimum absolute atomic E-state index is 0.0667. The number of ether oxygens (including phenoxy) is 2. The Balaban J connectivity index is 2.06. The molecule has 0 bridgehead atoms. The van der Waals surface area contributed by atoms with Crippen LogP contribution in [0.3, 0.4) is 0 Å². The van der Waals surface area contributed by atoms with Crippen LogP contribution in [0.4, 0.5) is 5.69 Å². The third-order valence-electron chi connectivity index (χ3n) is 2.59. The van der Waals surface area contributed by atoms with E-state index in [1.807, 2.05) is 0 Å². The maximum atomic E-state index is 12.0. The summed E-state index contributed by atoms with van der Waals surface area (Å²) in [7, 11) is 1.53. The van der Waals surface area contributed by atoms with Crippen molar-refractivity contribution in [3.8, 4) is 5.88 Å². The van der Waals surface area contributed by atoms with Gasteiger partial charge in [0, 0.05) is 11.8 Å². The molecule has 1 aromatic heterocycles. The number of nitrogens with two attached hydrogens (primary N) is 1. The average molecular weight is 337 g/mol. The Hall–Kier alpha value is -2.08. The molecule has 1 heterocycles. The van der Waals surface area contributed by atoms with Crippen LogP contribution in [0.5, 0.6) is 5.88 Å². The molecule has 0 aliphatic carbocycles. The van der Waals surface area contributed by atoms with Crippen LogP contribution in [-0.2, 0) is 11.3 Å². The molecule has 0 atom stereocenters. The highest BCUT2D eigenvalue weighted by Gasteiger charge is 2.13. The van der Waals surface area contributed by atoms with Gasteiger partial charge in [0.15, 0.2) is 0 Å². The fraction of sp³-hybridized carbons (Fsp3) is 0.143. The van der Waals surface area contributed by atoms with Gasteiger partial charge < -0.3 is 15.2 Å². The first-order valence-corrected chi connectivity index (χ1v) is 6.62. The Labute approximate surface area is 124 Å². The van der Waals surface area contributed by atoms with Gasteiger partial charge in [-0.2, -0.15) is 0 Å². The largest absolute Gasteiger partial charge is 0.481 e. The average Bonchev–Trinajstić information content (AvgIpc) is 2.48. The second-order valence-electron chi connectivity index (χ2n) is 3.96. The van der Waals surface area contributed by atoms with E-state index in [-0.39, 0.29) is 6.61 Å². The van der Waals surface area contributed by atoms with Crippen LogP contribution in [0.25, 0.3) is 0 Å². The lowest BCUT2D eigenvalue weighted by molar-refractivity contribution is 0.0466. The molecule has 20 heavy (non-hydrogen) atoms. The van der Waals surface area contributed by atoms with Crippen molar-refractivity contribution < 1.29 is 14.3 Å². The van der Waals surface area contributed by atoms with Gasteiger partial charge in [-0.3, -0.25) is 0 Å². The summed E-state index contributed by atoms with van der Waals surface area (Å²) in [6, 6.07) is 10.3. The van der Waals surface area contributed by atoms with Gasteiger partial charge in [0.2, 0.25) is 5.88 Å². The number of carbonyl (C=O) groups excluding carboxylic acids is 1. The van der Waals surface area contributed by atoms with E-state index in [1.165, 1.54) is 7.11 Å². The van der Waals surface area contributed by atoms with E-state index in [0.29, 0.717) is 27.3 Å². The molecule has 104 valence electrons. The highest BCUT2D eigenvalue weighted by Crippen LogP contribution is 2.24. The zero-order chi connectivity index (χ0) is 14.5. The molecule has 0 radical (unpaired) electrons. The van der Waals surface area contributed by atoms with Gasteiger partial charge in [0.1, 0.15) is 6.61 Å². The number of methoxy groups -OCH3 is 1. The molecule has 0 fully saturated rings. The molecular weight excluding hydrogens is 324 g/mol. The van der Waals surface area contributed by atoms with Crippen LogP contribution in [0.15, 0.2) is 40.9 Å². The van der Waals surface area contributed by atoms with Gasteiger partial charge in [0.05, 0.1) is 22.8 Å². The Morgan fingerprint density at radius 3 is 2.80 bits per heavy atom. The third-order valence-corrected chi connectivity index (χ3v) is 3.48. The molecule has 6 heteroatoms. The van der Waals surface area contributed by atoms with E-state index < -0.39 is 5.97 Å². The van der Waals surface area contributed by atoms with E-state index in [0.717, 1.165) is 0 Å². The topological polar surface area (TPSA) is 74.4 Å². The molecule has 0 unspecified atom stereocenters. The van der Waals surface area contributed by atoms with Crippen LogP contribution in [0.1, 0.15) is 16.1 Å². The number of esters is 1. The maximum Gasteiger partial charge on any atom is 0.339 e. The number of benzene rings is 1. The zero-order valence-electron chi connectivity index (χ0n) is 10.8. The molecule has 0 spiro atoms. The van der Waals surface area contributed by atoms with Gasteiger partial charge in [-0.25, -0.2) is 9.78 Å². The van der Waals surface area contributed by atoms with Crippen LogP contribution < -0.4 is 10.5 Å². The Morgan fingerprint density at radius 2 is 2.05 bits per heavy atom. The first kappa shape index (κ1) is 14.3. The van der Waals surface area contributed by atoms with E-state index in [4.69, 9.17) is 15.2 Å². The quantitative estimate of drug-likeness (QED) is 0.686. The van der Waals surface area contributed by atoms with Crippen molar-refractivity contribution in [2.75, 3.05) is 12.8 Å². The molecule has 1 aromatic carbocycles. The Morgan fingerprint density at radius 1 is 1.30 bits per heavy atom. The van der Waals surface area contributed by atoms with Crippen molar-refractivity contribution in [1.29, 1.82) is 0 Å². The van der Waals surface area contributed by atoms with Gasteiger partial charge in [-0.1, -0.05) is 12.1 Å². The number of anilines is 1. The summed E-state index contributed by atoms with van der Waals surface area (Å²) in [5.41, 5.74) is 7.20. The molecule has 0 saturated carbocycles. The summed E-state index contributed by atoms with van der Waals surface area (Å²) in [5.74, 6) is 0.0116. The summed E-state index contributed by atoms with van der Waals surface area (Å²) in [6.07, 6.45) is 0. The van der Waals surface area contributed by atoms with Gasteiger partial charge in [-0.15, -0.1) is 0 Å². The van der Waals surface area contributed by atoms with Crippen LogP contribution in [-0.4, -0.2) is 18.1 Å². The third kappa shape index (κ3) is 3.27. The fourth-order valence-electron chi connectivity index (χ4n) is 1.58. The predicted octanol–water partition coefficient (Wildman–Crippen LogP) is 2.79. The number of pyridine rings is 1. The lowest BCUT2D eigenvalue weighted by Gasteiger charge is -2.08. The van der Waals surface area contributed by atoms with Gasteiger partial charge in [-0.05, 0) is 34.1 Å². The van der Waals surface area contributed by atoms with Crippen LogP contribution >= 0.6 is 15.9 Å². The molecule has 5 nitrogen and oxygen atoms in total. The standard InChI is InChI=1S/C14H13BrN2O3/c1-19-12-7-2-4-9(17-12)8-20-14(18)10-5-3-6-11(16)13(10)15/h2-7H,8,16H2,1H3. The molecule has 0 aliphatic heterocycles. The Kier molecular flexibility index (Phi) is 4.57. The first-order valence-electron chi connectivity index (χ1n) is 5.83. The first-order chi connectivity index (χ1) is 9.61. The second kappa shape index (κ2) is 6.38. The van der Waals surface area contributed by atoms with Crippen molar-refractivity contribution in [2.45, 2.75) is 6.61 Å². The summed E-state index contributed by atoms with van der Waals surface area (Å²) >= 11 is 3.27. The molecule has 2 aromatic rings. The van der Waals surface area contributed by atoms with Crippen molar-refractivity contribution in [3.63, 3.8) is 0 Å². The number of aromatic nitrogens is 1. The molecule has 0 saturated heterocycles. The van der Waals surface area contributed by atoms with Gasteiger partial charge in [0.25, 0.3) is 0 Å². The smallest absolute Gasteiger partial charge is 0.339 e. The number of hydrogen-bond donors (Lipinski definition) is 1.